The van der Waals surface area contributed by atoms with Gasteiger partial charge in [-0.2, -0.15) is 0 Å². The Balaban J connectivity index is 1.85. The number of hydrogen-bond donors (Lipinski definition) is 2. The lowest BCUT2D eigenvalue weighted by Crippen LogP contribution is -2.50. The van der Waals surface area contributed by atoms with Gasteiger partial charge in [-0.25, -0.2) is 0 Å². The molecule has 1 amide bonds. The molecule has 1 aromatic carbocycles. The van der Waals surface area contributed by atoms with Gasteiger partial charge < -0.3 is 14.9 Å². The predicted octanol–water partition coefficient (Wildman–Crippen LogP) is 0.264. The highest BCUT2D eigenvalue weighted by Crippen LogP contribution is 2.27. The van der Waals surface area contributed by atoms with E-state index in [1.807, 2.05) is 17.0 Å². The Labute approximate surface area is 119 Å². The number of carbonyl (C=O) groups excluding carboxylic acids is 1. The summed E-state index contributed by atoms with van der Waals surface area (Å²) in [5.74, 6) is 2.79. The van der Waals surface area contributed by atoms with Crippen LogP contribution in [-0.2, 0) is 4.79 Å². The van der Waals surface area contributed by atoms with Gasteiger partial charge in [0.1, 0.15) is 5.75 Å². The minimum absolute atomic E-state index is 0.0668. The number of aromatic hydroxyl groups is 1. The van der Waals surface area contributed by atoms with Crippen molar-refractivity contribution in [1.82, 2.24) is 10.2 Å². The van der Waals surface area contributed by atoms with Crippen LogP contribution in [0.5, 0.6) is 5.75 Å². The fourth-order valence-electron chi connectivity index (χ4n) is 2.28. The van der Waals surface area contributed by atoms with Gasteiger partial charge in [-0.05, 0) is 12.1 Å². The fraction of sp³-hybridized carbons (Fsp3) is 0.400. The molecule has 1 aromatic rings. The number of nitrogens with one attached hydrogen (secondary N) is 1. The number of phenolic OH excluding ortho intramolecular Hbond substituents is 1. The first-order valence-electron chi connectivity index (χ1n) is 6.67. The summed E-state index contributed by atoms with van der Waals surface area (Å²) in [6.45, 7) is 3.44. The number of carbonyl (C=O) groups is 1. The van der Waals surface area contributed by atoms with Crippen molar-refractivity contribution in [3.63, 3.8) is 0 Å². The molecule has 0 unspecified atom stereocenters. The Morgan fingerprint density at radius 1 is 1.30 bits per heavy atom. The lowest BCUT2D eigenvalue weighted by Gasteiger charge is -2.36. The minimum Gasteiger partial charge on any atom is -0.506 e. The predicted molar refractivity (Wildman–Crippen MR) is 78.6 cm³/mol. The number of anilines is 1. The minimum atomic E-state index is 0.0668. The second-order valence-corrected chi connectivity index (χ2v) is 4.66. The number of hydrogen-bond acceptors (Lipinski definition) is 4. The molecule has 5 heteroatoms. The molecule has 20 heavy (non-hydrogen) atoms. The van der Waals surface area contributed by atoms with Crippen LogP contribution in [0.4, 0.5) is 5.69 Å². The quantitative estimate of drug-likeness (QED) is 0.610. The first kappa shape index (κ1) is 14.2. The van der Waals surface area contributed by atoms with Crippen LogP contribution in [0, 0.1) is 12.3 Å². The maximum atomic E-state index is 11.9. The van der Waals surface area contributed by atoms with Gasteiger partial charge in [-0.1, -0.05) is 18.1 Å². The van der Waals surface area contributed by atoms with Crippen LogP contribution in [0.2, 0.25) is 0 Å². The molecule has 5 nitrogen and oxygen atoms in total. The molecular weight excluding hydrogens is 254 g/mol. The van der Waals surface area contributed by atoms with Crippen LogP contribution >= 0.6 is 0 Å². The lowest BCUT2D eigenvalue weighted by atomic mass is 10.2. The Hall–Kier alpha value is -2.19. The van der Waals surface area contributed by atoms with E-state index in [2.05, 4.69) is 16.1 Å². The number of phenols is 1. The number of terminal acetylenes is 1. The van der Waals surface area contributed by atoms with E-state index in [9.17, 15) is 9.90 Å². The van der Waals surface area contributed by atoms with Crippen molar-refractivity contribution < 1.29 is 9.90 Å². The SMILES string of the molecule is C#CCNCC(=O)N1CCN(c2ccccc2O)CC1. The summed E-state index contributed by atoms with van der Waals surface area (Å²) in [5, 5.41) is 12.7. The van der Waals surface area contributed by atoms with Gasteiger partial charge in [0, 0.05) is 26.2 Å². The molecule has 106 valence electrons. The number of benzene rings is 1. The highest BCUT2D eigenvalue weighted by atomic mass is 16.3. The normalized spacial score (nSPS) is 14.9. The van der Waals surface area contributed by atoms with Crippen molar-refractivity contribution in [2.75, 3.05) is 44.2 Å². The van der Waals surface area contributed by atoms with E-state index in [4.69, 9.17) is 6.42 Å². The Morgan fingerprint density at radius 2 is 2.00 bits per heavy atom. The van der Waals surface area contributed by atoms with Crippen LogP contribution in [0.3, 0.4) is 0 Å². The van der Waals surface area contributed by atoms with Crippen molar-refractivity contribution in [1.29, 1.82) is 0 Å². The molecule has 0 aromatic heterocycles. The number of para-hydroxylation sites is 2. The molecule has 0 aliphatic carbocycles. The van der Waals surface area contributed by atoms with Crippen LogP contribution < -0.4 is 10.2 Å². The zero-order valence-electron chi connectivity index (χ0n) is 11.4. The van der Waals surface area contributed by atoms with Crippen LogP contribution in [-0.4, -0.2) is 55.2 Å². The second-order valence-electron chi connectivity index (χ2n) is 4.66. The van der Waals surface area contributed by atoms with E-state index in [0.717, 1.165) is 18.8 Å². The number of nitrogens with zero attached hydrogens (tertiary/aromatic N) is 2. The number of rotatable bonds is 4. The average molecular weight is 273 g/mol. The average Bonchev–Trinajstić information content (AvgIpc) is 2.48. The van der Waals surface area contributed by atoms with Crippen molar-refractivity contribution in [3.05, 3.63) is 24.3 Å². The molecule has 2 rings (SSSR count). The van der Waals surface area contributed by atoms with Crippen molar-refractivity contribution >= 4 is 11.6 Å². The lowest BCUT2D eigenvalue weighted by molar-refractivity contribution is -0.130. The van der Waals surface area contributed by atoms with Crippen LogP contribution in [0.15, 0.2) is 24.3 Å². The van der Waals surface area contributed by atoms with Gasteiger partial charge >= 0.3 is 0 Å². The van der Waals surface area contributed by atoms with Crippen LogP contribution in [0.1, 0.15) is 0 Å². The second kappa shape index (κ2) is 6.83. The summed E-state index contributed by atoms with van der Waals surface area (Å²) in [7, 11) is 0. The van der Waals surface area contributed by atoms with E-state index in [1.165, 1.54) is 0 Å². The van der Waals surface area contributed by atoms with Crippen LogP contribution in [0.25, 0.3) is 0 Å². The highest BCUT2D eigenvalue weighted by molar-refractivity contribution is 5.78. The van der Waals surface area contributed by atoms with Gasteiger partial charge in [0.2, 0.25) is 5.91 Å². The van der Waals surface area contributed by atoms with E-state index in [-0.39, 0.29) is 18.2 Å². The first-order valence-corrected chi connectivity index (χ1v) is 6.67. The van der Waals surface area contributed by atoms with E-state index < -0.39 is 0 Å². The van der Waals surface area contributed by atoms with Gasteiger partial charge in [-0.15, -0.1) is 6.42 Å². The monoisotopic (exact) mass is 273 g/mol. The summed E-state index contributed by atoms with van der Waals surface area (Å²) in [6, 6.07) is 7.27. The summed E-state index contributed by atoms with van der Waals surface area (Å²) >= 11 is 0. The highest BCUT2D eigenvalue weighted by Gasteiger charge is 2.21. The zero-order chi connectivity index (χ0) is 14.4. The van der Waals surface area contributed by atoms with Crippen molar-refractivity contribution in [2.45, 2.75) is 0 Å². The molecule has 1 aliphatic rings. The Bertz CT molecular complexity index is 502. The van der Waals surface area contributed by atoms with Gasteiger partial charge in [0.25, 0.3) is 0 Å². The number of amides is 1. The largest absolute Gasteiger partial charge is 0.506 e. The molecule has 1 fully saturated rings. The molecule has 2 N–H and O–H groups in total. The maximum absolute atomic E-state index is 11.9. The van der Waals surface area contributed by atoms with Gasteiger partial charge in [0.15, 0.2) is 0 Å². The molecular formula is C15H19N3O2. The molecule has 0 radical (unpaired) electrons. The Morgan fingerprint density at radius 3 is 2.65 bits per heavy atom. The van der Waals surface area contributed by atoms with E-state index in [0.29, 0.717) is 19.6 Å². The maximum Gasteiger partial charge on any atom is 0.236 e. The van der Waals surface area contributed by atoms with Gasteiger partial charge in [-0.3, -0.25) is 10.1 Å². The third kappa shape index (κ3) is 3.43. The van der Waals surface area contributed by atoms with E-state index >= 15 is 0 Å². The molecule has 1 heterocycles. The summed E-state index contributed by atoms with van der Waals surface area (Å²) in [4.78, 5) is 15.8. The summed E-state index contributed by atoms with van der Waals surface area (Å²) in [5.41, 5.74) is 0.824. The van der Waals surface area contributed by atoms with Crippen molar-refractivity contribution in [2.24, 2.45) is 0 Å². The zero-order valence-corrected chi connectivity index (χ0v) is 11.4. The Kier molecular flexibility index (Phi) is 4.85. The fourth-order valence-corrected chi connectivity index (χ4v) is 2.28. The first-order chi connectivity index (χ1) is 9.72. The topological polar surface area (TPSA) is 55.8 Å². The molecule has 0 atom stereocenters. The smallest absolute Gasteiger partial charge is 0.236 e. The summed E-state index contributed by atoms with van der Waals surface area (Å²) < 4.78 is 0. The molecule has 1 aliphatic heterocycles. The van der Waals surface area contributed by atoms with E-state index in [1.54, 1.807) is 12.1 Å². The third-order valence-corrected chi connectivity index (χ3v) is 3.36. The summed E-state index contributed by atoms with van der Waals surface area (Å²) in [6.07, 6.45) is 5.12. The standard InChI is InChI=1S/C15H19N3O2/c1-2-7-16-12-15(20)18-10-8-17(9-11-18)13-5-3-4-6-14(13)19/h1,3-6,16,19H,7-12H2. The third-order valence-electron chi connectivity index (χ3n) is 3.36. The molecule has 0 bridgehead atoms. The van der Waals surface area contributed by atoms with Gasteiger partial charge in [0.05, 0.1) is 18.8 Å². The molecule has 1 saturated heterocycles. The van der Waals surface area contributed by atoms with Crippen molar-refractivity contribution in [3.8, 4) is 18.1 Å². The number of piperazine rings is 1. The molecule has 0 saturated carbocycles. The molecule has 0 spiro atoms.